The second kappa shape index (κ2) is 3.12. The monoisotopic (exact) mass is 142 g/mol. The molecule has 1 rings (SSSR count). The van der Waals surface area contributed by atoms with Crippen molar-refractivity contribution in [3.63, 3.8) is 0 Å². The van der Waals surface area contributed by atoms with E-state index in [0.717, 1.165) is 32.2 Å². The molecule has 0 amide bonds. The largest absolute Gasteiger partial charge is 0.317 e. The van der Waals surface area contributed by atoms with Crippen LogP contribution in [0.15, 0.2) is 0 Å². The Labute approximate surface area is 61.2 Å². The van der Waals surface area contributed by atoms with Gasteiger partial charge < -0.3 is 15.4 Å². The third-order valence-corrected chi connectivity index (χ3v) is 2.22. The Kier molecular flexibility index (Phi) is 2.40. The quantitative estimate of drug-likeness (QED) is 0.512. The van der Waals surface area contributed by atoms with Crippen LogP contribution in [-0.4, -0.2) is 32.0 Å². The molecule has 0 unspecified atom stereocenters. The lowest BCUT2D eigenvalue weighted by Gasteiger charge is -2.31. The van der Waals surface area contributed by atoms with E-state index in [2.05, 4.69) is 10.6 Å². The van der Waals surface area contributed by atoms with Crippen LogP contribution in [0.25, 0.3) is 0 Å². The topological polar surface area (TPSA) is 41.1 Å². The summed E-state index contributed by atoms with van der Waals surface area (Å²) in [5.41, 5.74) is -0.231. The molecule has 0 spiro atoms. The first-order valence-corrected chi connectivity index (χ1v) is 3.69. The summed E-state index contributed by atoms with van der Waals surface area (Å²) in [5, 5.41) is 6.27. The van der Waals surface area contributed by atoms with E-state index in [0.29, 0.717) is 0 Å². The summed E-state index contributed by atoms with van der Waals surface area (Å²) in [4.78, 5) is 10.6. The van der Waals surface area contributed by atoms with Gasteiger partial charge in [-0.15, -0.1) is 0 Å². The molecule has 2 N–H and O–H groups in total. The Balaban J connectivity index is 2.52. The SMILES string of the molecule is CNC1(C=O)CCNCC1. The summed E-state index contributed by atoms with van der Waals surface area (Å²) in [6.45, 7) is 1.89. The molecule has 0 radical (unpaired) electrons. The van der Waals surface area contributed by atoms with Gasteiger partial charge in [-0.05, 0) is 33.0 Å². The van der Waals surface area contributed by atoms with Gasteiger partial charge in [-0.25, -0.2) is 0 Å². The van der Waals surface area contributed by atoms with E-state index < -0.39 is 0 Å². The number of hydrogen-bond donors (Lipinski definition) is 2. The van der Waals surface area contributed by atoms with Gasteiger partial charge in [-0.2, -0.15) is 0 Å². The maximum atomic E-state index is 10.6. The second-order valence-electron chi connectivity index (χ2n) is 2.77. The van der Waals surface area contributed by atoms with Gasteiger partial charge >= 0.3 is 0 Å². The first-order valence-electron chi connectivity index (χ1n) is 3.69. The molecule has 0 aliphatic carbocycles. The number of carbonyl (C=O) groups excluding carboxylic acids is 1. The summed E-state index contributed by atoms with van der Waals surface area (Å²) in [6.07, 6.45) is 2.86. The Morgan fingerprint density at radius 3 is 2.40 bits per heavy atom. The zero-order valence-corrected chi connectivity index (χ0v) is 6.31. The van der Waals surface area contributed by atoms with Crippen LogP contribution >= 0.6 is 0 Å². The van der Waals surface area contributed by atoms with Crippen molar-refractivity contribution >= 4 is 6.29 Å². The predicted molar refractivity (Wildman–Crippen MR) is 40.0 cm³/mol. The number of nitrogens with one attached hydrogen (secondary N) is 2. The molecule has 3 heteroatoms. The van der Waals surface area contributed by atoms with Crippen molar-refractivity contribution in [2.45, 2.75) is 18.4 Å². The molecule has 1 heterocycles. The maximum absolute atomic E-state index is 10.6. The van der Waals surface area contributed by atoms with E-state index in [-0.39, 0.29) is 5.54 Å². The van der Waals surface area contributed by atoms with E-state index >= 15 is 0 Å². The van der Waals surface area contributed by atoms with Crippen LogP contribution in [0.1, 0.15) is 12.8 Å². The highest BCUT2D eigenvalue weighted by Gasteiger charge is 2.28. The summed E-state index contributed by atoms with van der Waals surface area (Å²) >= 11 is 0. The van der Waals surface area contributed by atoms with Crippen molar-refractivity contribution in [1.29, 1.82) is 0 Å². The van der Waals surface area contributed by atoms with Crippen LogP contribution < -0.4 is 10.6 Å². The van der Waals surface area contributed by atoms with Crippen LogP contribution in [0.2, 0.25) is 0 Å². The molecular weight excluding hydrogens is 128 g/mol. The van der Waals surface area contributed by atoms with Crippen LogP contribution in [0.4, 0.5) is 0 Å². The molecule has 1 saturated heterocycles. The molecule has 58 valence electrons. The van der Waals surface area contributed by atoms with E-state index in [1.54, 1.807) is 0 Å². The van der Waals surface area contributed by atoms with Gasteiger partial charge in [0.05, 0.1) is 5.54 Å². The lowest BCUT2D eigenvalue weighted by atomic mass is 9.90. The molecule has 1 fully saturated rings. The van der Waals surface area contributed by atoms with E-state index in [9.17, 15) is 4.79 Å². The molecule has 0 atom stereocenters. The molecule has 3 nitrogen and oxygen atoms in total. The first-order chi connectivity index (χ1) is 4.83. The van der Waals surface area contributed by atoms with Gasteiger partial charge in [0, 0.05) is 0 Å². The van der Waals surface area contributed by atoms with Crippen molar-refractivity contribution in [1.82, 2.24) is 10.6 Å². The summed E-state index contributed by atoms with van der Waals surface area (Å²) < 4.78 is 0. The zero-order valence-electron chi connectivity index (χ0n) is 6.31. The van der Waals surface area contributed by atoms with Gasteiger partial charge in [-0.3, -0.25) is 0 Å². The maximum Gasteiger partial charge on any atom is 0.140 e. The fourth-order valence-corrected chi connectivity index (χ4v) is 1.30. The van der Waals surface area contributed by atoms with Crippen LogP contribution in [0, 0.1) is 0 Å². The minimum atomic E-state index is -0.231. The Morgan fingerprint density at radius 2 is 2.10 bits per heavy atom. The normalized spacial score (nSPS) is 24.1. The highest BCUT2D eigenvalue weighted by atomic mass is 16.1. The Hall–Kier alpha value is -0.410. The number of aldehydes is 1. The Bertz CT molecular complexity index is 119. The molecule has 1 aliphatic rings. The average Bonchev–Trinajstić information content (AvgIpc) is 2.06. The predicted octanol–water partition coefficient (Wildman–Crippen LogP) is -0.473. The number of carbonyl (C=O) groups is 1. The van der Waals surface area contributed by atoms with Crippen LogP contribution in [0.3, 0.4) is 0 Å². The summed E-state index contributed by atoms with van der Waals surface area (Å²) in [6, 6.07) is 0. The number of piperidine rings is 1. The van der Waals surface area contributed by atoms with E-state index in [1.807, 2.05) is 7.05 Å². The molecular formula is C7H14N2O. The second-order valence-corrected chi connectivity index (χ2v) is 2.77. The van der Waals surface area contributed by atoms with Crippen LogP contribution in [-0.2, 0) is 4.79 Å². The first kappa shape index (κ1) is 7.69. The molecule has 0 bridgehead atoms. The van der Waals surface area contributed by atoms with Crippen molar-refractivity contribution in [2.24, 2.45) is 0 Å². The molecule has 0 aromatic heterocycles. The van der Waals surface area contributed by atoms with Gasteiger partial charge in [0.25, 0.3) is 0 Å². The average molecular weight is 142 g/mol. The fourth-order valence-electron chi connectivity index (χ4n) is 1.30. The highest BCUT2D eigenvalue weighted by Crippen LogP contribution is 2.13. The van der Waals surface area contributed by atoms with Crippen molar-refractivity contribution in [3.8, 4) is 0 Å². The van der Waals surface area contributed by atoms with Crippen molar-refractivity contribution < 1.29 is 4.79 Å². The zero-order chi connectivity index (χ0) is 7.45. The lowest BCUT2D eigenvalue weighted by Crippen LogP contribution is -2.52. The lowest BCUT2D eigenvalue weighted by molar-refractivity contribution is -0.114. The molecule has 0 aromatic rings. The van der Waals surface area contributed by atoms with Gasteiger partial charge in [0.1, 0.15) is 6.29 Å². The fraction of sp³-hybridized carbons (Fsp3) is 0.857. The molecule has 0 aromatic carbocycles. The number of likely N-dealkylation sites (N-methyl/N-ethyl adjacent to an activating group) is 1. The number of hydrogen-bond acceptors (Lipinski definition) is 3. The third-order valence-electron chi connectivity index (χ3n) is 2.22. The Morgan fingerprint density at radius 1 is 1.50 bits per heavy atom. The van der Waals surface area contributed by atoms with Gasteiger partial charge in [0.2, 0.25) is 0 Å². The van der Waals surface area contributed by atoms with E-state index in [4.69, 9.17) is 0 Å². The van der Waals surface area contributed by atoms with Crippen molar-refractivity contribution in [3.05, 3.63) is 0 Å². The van der Waals surface area contributed by atoms with E-state index in [1.165, 1.54) is 0 Å². The van der Waals surface area contributed by atoms with Crippen LogP contribution in [0.5, 0.6) is 0 Å². The minimum Gasteiger partial charge on any atom is -0.317 e. The molecule has 1 aliphatic heterocycles. The third kappa shape index (κ3) is 1.36. The van der Waals surface area contributed by atoms with Crippen molar-refractivity contribution in [2.75, 3.05) is 20.1 Å². The van der Waals surface area contributed by atoms with Gasteiger partial charge in [0.15, 0.2) is 0 Å². The highest BCUT2D eigenvalue weighted by molar-refractivity contribution is 5.64. The summed E-state index contributed by atoms with van der Waals surface area (Å²) in [5.74, 6) is 0. The van der Waals surface area contributed by atoms with Gasteiger partial charge in [-0.1, -0.05) is 0 Å². The standard InChI is InChI=1S/C7H14N2O/c1-8-7(6-10)2-4-9-5-3-7/h6,8-9H,2-5H2,1H3. The smallest absolute Gasteiger partial charge is 0.140 e. The summed E-state index contributed by atoms with van der Waals surface area (Å²) in [7, 11) is 1.85. The number of rotatable bonds is 2. The molecule has 10 heavy (non-hydrogen) atoms. The minimum absolute atomic E-state index is 0.231. The molecule has 0 saturated carbocycles.